The molecule has 0 bridgehead atoms. The summed E-state index contributed by atoms with van der Waals surface area (Å²) in [5.41, 5.74) is 8.51. The number of hydrogen-bond acceptors (Lipinski definition) is 4. The predicted molar refractivity (Wildman–Crippen MR) is 96.5 cm³/mol. The predicted octanol–water partition coefficient (Wildman–Crippen LogP) is 2.03. The van der Waals surface area contributed by atoms with Crippen LogP contribution < -0.4 is 15.4 Å². The van der Waals surface area contributed by atoms with Crippen LogP contribution in [0, 0.1) is 5.41 Å². The van der Waals surface area contributed by atoms with E-state index in [2.05, 4.69) is 24.8 Å². The first kappa shape index (κ1) is 17.2. The lowest BCUT2D eigenvalue weighted by atomic mass is 9.80. The van der Waals surface area contributed by atoms with Gasteiger partial charge in [0.05, 0.1) is 13.7 Å². The number of carbonyl (C=O) groups is 1. The summed E-state index contributed by atoms with van der Waals surface area (Å²) in [5, 5.41) is 0. The first-order valence-electron chi connectivity index (χ1n) is 8.86. The maximum Gasteiger partial charge on any atom is 0.241 e. The van der Waals surface area contributed by atoms with E-state index in [4.69, 9.17) is 10.5 Å². The van der Waals surface area contributed by atoms with E-state index < -0.39 is 0 Å². The number of likely N-dealkylation sites (tertiary alicyclic amines) is 1. The molecule has 0 radical (unpaired) electrons. The van der Waals surface area contributed by atoms with Gasteiger partial charge in [0.25, 0.3) is 0 Å². The van der Waals surface area contributed by atoms with Gasteiger partial charge < -0.3 is 15.4 Å². The summed E-state index contributed by atoms with van der Waals surface area (Å²) < 4.78 is 5.31. The maximum absolute atomic E-state index is 12.9. The van der Waals surface area contributed by atoms with Crippen molar-refractivity contribution >= 4 is 11.6 Å². The lowest BCUT2D eigenvalue weighted by molar-refractivity contribution is -0.120. The van der Waals surface area contributed by atoms with E-state index in [0.717, 1.165) is 50.3 Å². The standard InChI is InChI=1S/C19H29N3O2/c1-19(2)13-21(10-8-17(19)20)12-18(23)22-9-4-5-14-11-15(24-3)6-7-16(14)22/h6-7,11,17H,4-5,8-10,12-13,20H2,1-3H3. The molecule has 1 amide bonds. The number of anilines is 1. The molecule has 1 saturated heterocycles. The molecule has 24 heavy (non-hydrogen) atoms. The molecule has 2 aliphatic rings. The van der Waals surface area contributed by atoms with Gasteiger partial charge in [-0.05, 0) is 48.4 Å². The van der Waals surface area contributed by atoms with Crippen molar-refractivity contribution in [2.24, 2.45) is 11.1 Å². The van der Waals surface area contributed by atoms with E-state index in [1.54, 1.807) is 7.11 Å². The first-order chi connectivity index (χ1) is 11.4. The van der Waals surface area contributed by atoms with Crippen molar-refractivity contribution in [3.8, 4) is 5.75 Å². The van der Waals surface area contributed by atoms with Gasteiger partial charge in [0.2, 0.25) is 5.91 Å². The summed E-state index contributed by atoms with van der Waals surface area (Å²) in [6.45, 7) is 7.44. The molecule has 1 atom stereocenters. The number of ether oxygens (including phenoxy) is 1. The van der Waals surface area contributed by atoms with E-state index in [9.17, 15) is 4.79 Å². The van der Waals surface area contributed by atoms with Crippen LogP contribution in [0.25, 0.3) is 0 Å². The summed E-state index contributed by atoms with van der Waals surface area (Å²) >= 11 is 0. The zero-order chi connectivity index (χ0) is 17.3. The Kier molecular flexibility index (Phi) is 4.83. The number of fused-ring (bicyclic) bond motifs is 1. The molecule has 0 saturated carbocycles. The summed E-state index contributed by atoms with van der Waals surface area (Å²) in [6.07, 6.45) is 2.96. The number of hydrogen-bond donors (Lipinski definition) is 1. The van der Waals surface area contributed by atoms with Gasteiger partial charge in [-0.25, -0.2) is 0 Å². The molecule has 2 N–H and O–H groups in total. The summed E-state index contributed by atoms with van der Waals surface area (Å²) in [6, 6.07) is 6.22. The number of rotatable bonds is 3. The number of methoxy groups -OCH3 is 1. The molecule has 1 aromatic rings. The molecule has 5 nitrogen and oxygen atoms in total. The average molecular weight is 331 g/mol. The Balaban J connectivity index is 1.71. The van der Waals surface area contributed by atoms with Crippen LogP contribution in [0.4, 0.5) is 5.69 Å². The number of aryl methyl sites for hydroxylation is 1. The van der Waals surface area contributed by atoms with Gasteiger partial charge in [0.15, 0.2) is 0 Å². The fraction of sp³-hybridized carbons (Fsp3) is 0.632. The molecular weight excluding hydrogens is 302 g/mol. The van der Waals surface area contributed by atoms with Gasteiger partial charge in [-0.15, -0.1) is 0 Å². The molecule has 132 valence electrons. The van der Waals surface area contributed by atoms with Crippen LogP contribution in [0.15, 0.2) is 18.2 Å². The summed E-state index contributed by atoms with van der Waals surface area (Å²) in [7, 11) is 1.68. The lowest BCUT2D eigenvalue weighted by Gasteiger charge is -2.43. The van der Waals surface area contributed by atoms with Crippen molar-refractivity contribution in [1.82, 2.24) is 4.90 Å². The van der Waals surface area contributed by atoms with Crippen LogP contribution in [0.5, 0.6) is 5.75 Å². The van der Waals surface area contributed by atoms with Gasteiger partial charge in [0.1, 0.15) is 5.75 Å². The quantitative estimate of drug-likeness (QED) is 0.921. The van der Waals surface area contributed by atoms with Gasteiger partial charge in [-0.1, -0.05) is 13.8 Å². The molecule has 0 spiro atoms. The van der Waals surface area contributed by atoms with Crippen LogP contribution in [0.3, 0.4) is 0 Å². The van der Waals surface area contributed by atoms with Crippen LogP contribution in [0.2, 0.25) is 0 Å². The number of carbonyl (C=O) groups excluding carboxylic acids is 1. The highest BCUT2D eigenvalue weighted by atomic mass is 16.5. The molecule has 3 rings (SSSR count). The molecule has 1 fully saturated rings. The SMILES string of the molecule is COc1ccc2c(c1)CCCN2C(=O)CN1CCC(N)C(C)(C)C1. The number of nitrogens with two attached hydrogens (primary N) is 1. The molecule has 0 aliphatic carbocycles. The lowest BCUT2D eigenvalue weighted by Crippen LogP contribution is -2.54. The minimum atomic E-state index is 0.0612. The zero-order valence-corrected chi connectivity index (χ0v) is 15.0. The van der Waals surface area contributed by atoms with Crippen LogP contribution >= 0.6 is 0 Å². The normalized spacial score (nSPS) is 23.7. The van der Waals surface area contributed by atoms with E-state index in [-0.39, 0.29) is 17.4 Å². The number of benzene rings is 1. The van der Waals surface area contributed by atoms with Crippen LogP contribution in [-0.2, 0) is 11.2 Å². The maximum atomic E-state index is 12.9. The molecule has 0 aromatic heterocycles. The highest BCUT2D eigenvalue weighted by Crippen LogP contribution is 2.31. The largest absolute Gasteiger partial charge is 0.497 e. The van der Waals surface area contributed by atoms with Gasteiger partial charge in [0, 0.05) is 31.4 Å². The minimum absolute atomic E-state index is 0.0612. The average Bonchev–Trinajstić information content (AvgIpc) is 2.56. The summed E-state index contributed by atoms with van der Waals surface area (Å²) in [4.78, 5) is 17.1. The smallest absolute Gasteiger partial charge is 0.241 e. The van der Waals surface area contributed by atoms with Crippen LogP contribution in [0.1, 0.15) is 32.3 Å². The Labute approximate surface area is 144 Å². The first-order valence-corrected chi connectivity index (χ1v) is 8.86. The molecule has 1 unspecified atom stereocenters. The summed E-state index contributed by atoms with van der Waals surface area (Å²) in [5.74, 6) is 1.04. The fourth-order valence-electron chi connectivity index (χ4n) is 3.86. The third kappa shape index (κ3) is 3.42. The van der Waals surface area contributed by atoms with E-state index >= 15 is 0 Å². The van der Waals surface area contributed by atoms with E-state index in [0.29, 0.717) is 6.54 Å². The highest BCUT2D eigenvalue weighted by molar-refractivity contribution is 5.96. The fourth-order valence-corrected chi connectivity index (χ4v) is 3.86. The zero-order valence-electron chi connectivity index (χ0n) is 15.0. The second kappa shape index (κ2) is 6.73. The van der Waals surface area contributed by atoms with Crippen molar-refractivity contribution in [2.75, 3.05) is 38.2 Å². The number of amides is 1. The van der Waals surface area contributed by atoms with Crippen molar-refractivity contribution < 1.29 is 9.53 Å². The Bertz CT molecular complexity index is 615. The second-order valence-corrected chi connectivity index (χ2v) is 7.74. The van der Waals surface area contributed by atoms with Gasteiger partial charge >= 0.3 is 0 Å². The molecule has 2 heterocycles. The monoisotopic (exact) mass is 331 g/mol. The van der Waals surface area contributed by atoms with E-state index in [1.165, 1.54) is 5.56 Å². The Morgan fingerprint density at radius 3 is 2.88 bits per heavy atom. The van der Waals surface area contributed by atoms with Crippen molar-refractivity contribution in [2.45, 2.75) is 39.2 Å². The van der Waals surface area contributed by atoms with E-state index in [1.807, 2.05) is 17.0 Å². The Morgan fingerprint density at radius 1 is 1.38 bits per heavy atom. The molecule has 1 aromatic carbocycles. The topological polar surface area (TPSA) is 58.8 Å². The third-order valence-electron chi connectivity index (χ3n) is 5.46. The Hall–Kier alpha value is -1.59. The van der Waals surface area contributed by atoms with Crippen LogP contribution in [-0.4, -0.2) is 50.1 Å². The molecule has 5 heteroatoms. The van der Waals surface area contributed by atoms with Gasteiger partial charge in [-0.2, -0.15) is 0 Å². The van der Waals surface area contributed by atoms with Crippen molar-refractivity contribution in [1.29, 1.82) is 0 Å². The number of piperidine rings is 1. The van der Waals surface area contributed by atoms with Crippen molar-refractivity contribution in [3.63, 3.8) is 0 Å². The molecular formula is C19H29N3O2. The third-order valence-corrected chi connectivity index (χ3v) is 5.46. The minimum Gasteiger partial charge on any atom is -0.497 e. The highest BCUT2D eigenvalue weighted by Gasteiger charge is 2.35. The van der Waals surface area contributed by atoms with Gasteiger partial charge in [-0.3, -0.25) is 9.69 Å². The number of nitrogens with zero attached hydrogens (tertiary/aromatic N) is 2. The Morgan fingerprint density at radius 2 is 2.17 bits per heavy atom. The van der Waals surface area contributed by atoms with Crippen molar-refractivity contribution in [3.05, 3.63) is 23.8 Å². The molecule has 2 aliphatic heterocycles. The second-order valence-electron chi connectivity index (χ2n) is 7.74.